The third-order valence-corrected chi connectivity index (χ3v) is 2.27. The molecule has 1 amide bonds. The number of carbonyl (C=O) groups is 2. The van der Waals surface area contributed by atoms with Crippen LogP contribution in [-0.2, 0) is 4.79 Å². The van der Waals surface area contributed by atoms with Crippen molar-refractivity contribution in [3.8, 4) is 5.75 Å². The lowest BCUT2D eigenvalue weighted by Gasteiger charge is -2.12. The van der Waals surface area contributed by atoms with Gasteiger partial charge in [0, 0.05) is 19.8 Å². The minimum absolute atomic E-state index is 0.0769. The summed E-state index contributed by atoms with van der Waals surface area (Å²) in [5.41, 5.74) is 0.469. The summed E-state index contributed by atoms with van der Waals surface area (Å²) in [5, 5.41) is 8.97. The first kappa shape index (κ1) is 14.0. The Morgan fingerprint density at radius 3 is 2.61 bits per heavy atom. The Hall–Kier alpha value is -2.11. The number of pyridine rings is 1. The zero-order chi connectivity index (χ0) is 13.7. The summed E-state index contributed by atoms with van der Waals surface area (Å²) < 4.78 is 5.28. The van der Waals surface area contributed by atoms with Gasteiger partial charge in [-0.2, -0.15) is 0 Å². The number of hydrogen-bond donors (Lipinski definition) is 1. The minimum atomic E-state index is -1.15. The van der Waals surface area contributed by atoms with E-state index >= 15 is 0 Å². The molecule has 1 heterocycles. The fraction of sp³-hybridized carbons (Fsp3) is 0.417. The summed E-state index contributed by atoms with van der Waals surface area (Å²) in [6, 6.07) is 3.21. The molecule has 1 N–H and O–H groups in total. The summed E-state index contributed by atoms with van der Waals surface area (Å²) in [5.74, 6) is -1.04. The van der Waals surface area contributed by atoms with E-state index < -0.39 is 5.97 Å². The van der Waals surface area contributed by atoms with E-state index in [0.717, 1.165) is 0 Å². The smallest absolute Gasteiger partial charge is 0.358 e. The monoisotopic (exact) mass is 252 g/mol. The molecule has 6 heteroatoms. The quantitative estimate of drug-likeness (QED) is 0.843. The molecule has 0 aliphatic carbocycles. The molecule has 0 atom stereocenters. The second-order valence-electron chi connectivity index (χ2n) is 3.99. The lowest BCUT2D eigenvalue weighted by Crippen LogP contribution is -2.23. The number of carboxylic acid groups (broad SMARTS) is 1. The van der Waals surface area contributed by atoms with Crippen LogP contribution in [0.4, 0.5) is 0 Å². The van der Waals surface area contributed by atoms with Crippen molar-refractivity contribution in [1.29, 1.82) is 0 Å². The maximum absolute atomic E-state index is 11.3. The number of aromatic carboxylic acids is 1. The van der Waals surface area contributed by atoms with Crippen molar-refractivity contribution >= 4 is 11.9 Å². The number of aromatic nitrogens is 1. The lowest BCUT2D eigenvalue weighted by molar-refractivity contribution is -0.129. The molecule has 1 aromatic heterocycles. The van der Waals surface area contributed by atoms with Gasteiger partial charge in [0.15, 0.2) is 11.4 Å². The summed E-state index contributed by atoms with van der Waals surface area (Å²) in [6.45, 7) is 1.83. The highest BCUT2D eigenvalue weighted by Crippen LogP contribution is 2.17. The predicted octanol–water partition coefficient (Wildman–Crippen LogP) is 0.945. The van der Waals surface area contributed by atoms with Gasteiger partial charge < -0.3 is 14.7 Å². The largest absolute Gasteiger partial charge is 0.490 e. The Balaban J connectivity index is 2.68. The molecule has 0 aliphatic rings. The average molecular weight is 252 g/mol. The second-order valence-corrected chi connectivity index (χ2v) is 3.99. The summed E-state index contributed by atoms with van der Waals surface area (Å²) in [7, 11) is 3.30. The van der Waals surface area contributed by atoms with Crippen molar-refractivity contribution in [2.24, 2.45) is 0 Å². The van der Waals surface area contributed by atoms with Crippen LogP contribution >= 0.6 is 0 Å². The van der Waals surface area contributed by atoms with Crippen LogP contribution in [0, 0.1) is 6.92 Å². The van der Waals surface area contributed by atoms with Crippen molar-refractivity contribution < 1.29 is 19.4 Å². The fourth-order valence-electron chi connectivity index (χ4n) is 1.29. The van der Waals surface area contributed by atoms with Crippen LogP contribution < -0.4 is 4.74 Å². The van der Waals surface area contributed by atoms with E-state index in [2.05, 4.69) is 4.98 Å². The van der Waals surface area contributed by atoms with Gasteiger partial charge in [-0.3, -0.25) is 4.79 Å². The minimum Gasteiger partial charge on any atom is -0.490 e. The lowest BCUT2D eigenvalue weighted by atomic mass is 10.3. The molecule has 1 rings (SSSR count). The number of carboxylic acids is 1. The molecule has 0 saturated carbocycles. The average Bonchev–Trinajstić information content (AvgIpc) is 2.30. The van der Waals surface area contributed by atoms with Gasteiger partial charge in [0.1, 0.15) is 0 Å². The van der Waals surface area contributed by atoms with Crippen molar-refractivity contribution in [2.75, 3.05) is 20.7 Å². The Labute approximate surface area is 105 Å². The molecule has 0 radical (unpaired) electrons. The van der Waals surface area contributed by atoms with Gasteiger partial charge in [-0.25, -0.2) is 9.78 Å². The van der Waals surface area contributed by atoms with Crippen molar-refractivity contribution in [1.82, 2.24) is 9.88 Å². The number of carbonyl (C=O) groups excluding carboxylic acids is 1. The zero-order valence-electron chi connectivity index (χ0n) is 10.6. The van der Waals surface area contributed by atoms with E-state index in [1.807, 2.05) is 0 Å². The molecule has 0 bridgehead atoms. The maximum Gasteiger partial charge on any atom is 0.358 e. The summed E-state index contributed by atoms with van der Waals surface area (Å²) >= 11 is 0. The van der Waals surface area contributed by atoms with Gasteiger partial charge in [0.05, 0.1) is 13.0 Å². The number of amides is 1. The first-order chi connectivity index (χ1) is 8.41. The number of aryl methyl sites for hydroxylation is 1. The first-order valence-corrected chi connectivity index (χ1v) is 5.45. The molecule has 0 aliphatic heterocycles. The fourth-order valence-corrected chi connectivity index (χ4v) is 1.29. The Kier molecular flexibility index (Phi) is 4.65. The molecule has 98 valence electrons. The molecule has 6 nitrogen and oxygen atoms in total. The van der Waals surface area contributed by atoms with Crippen LogP contribution in [0.25, 0.3) is 0 Å². The van der Waals surface area contributed by atoms with Crippen molar-refractivity contribution in [3.05, 3.63) is 23.5 Å². The third-order valence-electron chi connectivity index (χ3n) is 2.27. The van der Waals surface area contributed by atoms with Crippen LogP contribution in [0.5, 0.6) is 5.75 Å². The topological polar surface area (TPSA) is 79.7 Å². The molecule has 0 aromatic carbocycles. The van der Waals surface area contributed by atoms with Gasteiger partial charge in [0.2, 0.25) is 5.91 Å². The van der Waals surface area contributed by atoms with Crippen molar-refractivity contribution in [2.45, 2.75) is 13.3 Å². The van der Waals surface area contributed by atoms with Crippen LogP contribution in [0.1, 0.15) is 22.6 Å². The normalized spacial score (nSPS) is 9.94. The van der Waals surface area contributed by atoms with Crippen LogP contribution in [-0.4, -0.2) is 47.6 Å². The van der Waals surface area contributed by atoms with Crippen LogP contribution in [0.2, 0.25) is 0 Å². The number of rotatable bonds is 5. The van der Waals surface area contributed by atoms with Crippen LogP contribution in [0.3, 0.4) is 0 Å². The highest BCUT2D eigenvalue weighted by Gasteiger charge is 2.14. The van der Waals surface area contributed by atoms with E-state index in [9.17, 15) is 9.59 Å². The predicted molar refractivity (Wildman–Crippen MR) is 64.7 cm³/mol. The van der Waals surface area contributed by atoms with Gasteiger partial charge in [0.25, 0.3) is 0 Å². The Morgan fingerprint density at radius 1 is 1.39 bits per heavy atom. The number of ether oxygens (including phenoxy) is 1. The van der Waals surface area contributed by atoms with E-state index in [1.165, 1.54) is 4.90 Å². The van der Waals surface area contributed by atoms with E-state index in [1.54, 1.807) is 33.2 Å². The van der Waals surface area contributed by atoms with Gasteiger partial charge in [-0.15, -0.1) is 0 Å². The standard InChI is InChI=1S/C12H16N2O4/c1-8-4-5-9(11(13-8)12(16)17)18-7-6-10(15)14(2)3/h4-5H,6-7H2,1-3H3,(H,16,17). The Morgan fingerprint density at radius 2 is 2.06 bits per heavy atom. The highest BCUT2D eigenvalue weighted by molar-refractivity contribution is 5.88. The summed E-state index contributed by atoms with van der Waals surface area (Å²) in [4.78, 5) is 27.6. The highest BCUT2D eigenvalue weighted by atomic mass is 16.5. The van der Waals surface area contributed by atoms with E-state index in [-0.39, 0.29) is 30.4 Å². The molecule has 18 heavy (non-hydrogen) atoms. The maximum atomic E-state index is 11.3. The van der Waals surface area contributed by atoms with Crippen LogP contribution in [0.15, 0.2) is 12.1 Å². The molecule has 0 unspecified atom stereocenters. The molecular formula is C12H16N2O4. The van der Waals surface area contributed by atoms with Gasteiger partial charge >= 0.3 is 5.97 Å². The van der Waals surface area contributed by atoms with Gasteiger partial charge in [-0.05, 0) is 19.1 Å². The Bertz CT molecular complexity index is 457. The SMILES string of the molecule is Cc1ccc(OCCC(=O)N(C)C)c(C(=O)O)n1. The van der Waals surface area contributed by atoms with E-state index in [4.69, 9.17) is 9.84 Å². The first-order valence-electron chi connectivity index (χ1n) is 5.45. The molecule has 0 saturated heterocycles. The summed E-state index contributed by atoms with van der Waals surface area (Å²) in [6.07, 6.45) is 0.194. The number of hydrogen-bond acceptors (Lipinski definition) is 4. The molecule has 0 spiro atoms. The molecular weight excluding hydrogens is 236 g/mol. The van der Waals surface area contributed by atoms with E-state index in [0.29, 0.717) is 5.69 Å². The molecule has 1 aromatic rings. The molecule has 0 fully saturated rings. The zero-order valence-corrected chi connectivity index (χ0v) is 10.6. The number of nitrogens with zero attached hydrogens (tertiary/aromatic N) is 2. The van der Waals surface area contributed by atoms with Gasteiger partial charge in [-0.1, -0.05) is 0 Å². The van der Waals surface area contributed by atoms with Crippen molar-refractivity contribution in [3.63, 3.8) is 0 Å². The third kappa shape index (κ3) is 3.73. The second kappa shape index (κ2) is 6.00.